The van der Waals surface area contributed by atoms with Crippen LogP contribution in [0.3, 0.4) is 0 Å². The fourth-order valence-corrected chi connectivity index (χ4v) is 3.88. The van der Waals surface area contributed by atoms with E-state index in [-0.39, 0.29) is 5.91 Å². The summed E-state index contributed by atoms with van der Waals surface area (Å²) in [6.07, 6.45) is 0. The molecule has 0 radical (unpaired) electrons. The average Bonchev–Trinajstić information content (AvgIpc) is 3.25. The molecule has 0 bridgehead atoms. The van der Waals surface area contributed by atoms with Gasteiger partial charge in [-0.3, -0.25) is 4.79 Å². The summed E-state index contributed by atoms with van der Waals surface area (Å²) in [6, 6.07) is 30.9. The number of aromatic nitrogens is 1. The Balaban J connectivity index is 1.77. The Kier molecular flexibility index (Phi) is 6.52. The molecule has 0 aliphatic heterocycles. The highest BCUT2D eigenvalue weighted by Crippen LogP contribution is 2.33. The van der Waals surface area contributed by atoms with Gasteiger partial charge in [0.1, 0.15) is 0 Å². The van der Waals surface area contributed by atoms with Gasteiger partial charge in [0.25, 0.3) is 5.91 Å². The predicted molar refractivity (Wildman–Crippen MR) is 132 cm³/mol. The Labute approximate surface area is 190 Å². The van der Waals surface area contributed by atoms with E-state index >= 15 is 0 Å². The van der Waals surface area contributed by atoms with Crippen LogP contribution in [0.4, 0.5) is 0 Å². The van der Waals surface area contributed by atoms with Crippen molar-refractivity contribution in [3.8, 4) is 28.2 Å². The summed E-state index contributed by atoms with van der Waals surface area (Å²) in [6.45, 7) is 3.55. The maximum absolute atomic E-state index is 12.7. The number of carbonyl (C=O) groups is 1. The molecule has 4 aromatic rings. The van der Waals surface area contributed by atoms with Crippen LogP contribution in [0.2, 0.25) is 0 Å². The van der Waals surface area contributed by atoms with Gasteiger partial charge >= 0.3 is 0 Å². The number of benzene rings is 3. The molecule has 1 amide bonds. The number of hydrogen-bond donors (Lipinski definition) is 1. The molecule has 1 N–H and O–H groups in total. The largest absolute Gasteiger partial charge is 0.351 e. The molecule has 4 nitrogen and oxygen atoms in total. The third kappa shape index (κ3) is 4.66. The van der Waals surface area contributed by atoms with Gasteiger partial charge in [0.2, 0.25) is 0 Å². The first-order valence-corrected chi connectivity index (χ1v) is 10.9. The molecule has 1 aromatic heterocycles. The second kappa shape index (κ2) is 9.67. The van der Waals surface area contributed by atoms with E-state index < -0.39 is 0 Å². The topological polar surface area (TPSA) is 37.3 Å². The zero-order valence-corrected chi connectivity index (χ0v) is 18.9. The van der Waals surface area contributed by atoms with E-state index in [2.05, 4.69) is 88.4 Å². The van der Waals surface area contributed by atoms with Crippen molar-refractivity contribution in [2.45, 2.75) is 6.92 Å². The van der Waals surface area contributed by atoms with E-state index in [4.69, 9.17) is 0 Å². The SMILES string of the molecule is Cc1ccccc1-n1c(-c2ccccc2)ccc1-c1cccc(C(=O)NCCN(C)C)c1. The molecule has 0 saturated heterocycles. The van der Waals surface area contributed by atoms with Gasteiger partial charge in [0.15, 0.2) is 0 Å². The molecule has 3 aromatic carbocycles. The highest BCUT2D eigenvalue weighted by Gasteiger charge is 2.16. The van der Waals surface area contributed by atoms with E-state index in [1.807, 2.05) is 38.4 Å². The number of amides is 1. The van der Waals surface area contributed by atoms with Gasteiger partial charge in [0.05, 0.1) is 11.4 Å². The second-order valence-electron chi connectivity index (χ2n) is 8.23. The van der Waals surface area contributed by atoms with Crippen molar-refractivity contribution in [1.82, 2.24) is 14.8 Å². The van der Waals surface area contributed by atoms with Crippen LogP contribution in [0.5, 0.6) is 0 Å². The highest BCUT2D eigenvalue weighted by atomic mass is 16.1. The predicted octanol–water partition coefficient (Wildman–Crippen LogP) is 5.41. The standard InChI is InChI=1S/C28H29N3O/c1-21-10-7-8-15-25(21)31-26(22-11-5-4-6-12-22)16-17-27(31)23-13-9-14-24(20-23)28(32)29-18-19-30(2)3/h4-17,20H,18-19H2,1-3H3,(H,29,32). The lowest BCUT2D eigenvalue weighted by Crippen LogP contribution is -2.31. The van der Waals surface area contributed by atoms with Gasteiger partial charge < -0.3 is 14.8 Å². The maximum Gasteiger partial charge on any atom is 0.251 e. The number of aryl methyl sites for hydroxylation is 1. The van der Waals surface area contributed by atoms with Crippen molar-refractivity contribution >= 4 is 5.91 Å². The summed E-state index contributed by atoms with van der Waals surface area (Å²) in [7, 11) is 3.99. The van der Waals surface area contributed by atoms with Crippen LogP contribution < -0.4 is 5.32 Å². The molecular formula is C28H29N3O. The van der Waals surface area contributed by atoms with E-state index in [1.165, 1.54) is 5.56 Å². The fraction of sp³-hybridized carbons (Fsp3) is 0.179. The number of para-hydroxylation sites is 1. The third-order valence-electron chi connectivity index (χ3n) is 5.57. The highest BCUT2D eigenvalue weighted by molar-refractivity contribution is 5.95. The molecule has 0 unspecified atom stereocenters. The van der Waals surface area contributed by atoms with Crippen molar-refractivity contribution in [2.24, 2.45) is 0 Å². The van der Waals surface area contributed by atoms with Crippen LogP contribution in [0, 0.1) is 6.92 Å². The monoisotopic (exact) mass is 423 g/mol. The Morgan fingerprint density at radius 2 is 1.47 bits per heavy atom. The third-order valence-corrected chi connectivity index (χ3v) is 5.57. The number of carbonyl (C=O) groups excluding carboxylic acids is 1. The van der Waals surface area contributed by atoms with Gasteiger partial charge in [-0.25, -0.2) is 0 Å². The van der Waals surface area contributed by atoms with Gasteiger partial charge in [-0.05, 0) is 68.0 Å². The average molecular weight is 424 g/mol. The molecule has 1 heterocycles. The number of hydrogen-bond acceptors (Lipinski definition) is 2. The summed E-state index contributed by atoms with van der Waals surface area (Å²) < 4.78 is 2.29. The van der Waals surface area contributed by atoms with Crippen molar-refractivity contribution in [2.75, 3.05) is 27.2 Å². The molecule has 32 heavy (non-hydrogen) atoms. The van der Waals surface area contributed by atoms with Gasteiger partial charge in [-0.15, -0.1) is 0 Å². The molecule has 0 atom stereocenters. The minimum atomic E-state index is -0.0500. The Bertz CT molecular complexity index is 1210. The lowest BCUT2D eigenvalue weighted by atomic mass is 10.1. The van der Waals surface area contributed by atoms with Gasteiger partial charge in [-0.2, -0.15) is 0 Å². The number of likely N-dealkylation sites (N-methyl/N-ethyl adjacent to an activating group) is 1. The zero-order chi connectivity index (χ0) is 22.5. The quantitative estimate of drug-likeness (QED) is 0.431. The minimum Gasteiger partial charge on any atom is -0.351 e. The van der Waals surface area contributed by atoms with Crippen LogP contribution in [-0.2, 0) is 0 Å². The first-order valence-electron chi connectivity index (χ1n) is 10.9. The van der Waals surface area contributed by atoms with Crippen molar-refractivity contribution in [3.63, 3.8) is 0 Å². The maximum atomic E-state index is 12.7. The van der Waals surface area contributed by atoms with Crippen LogP contribution in [-0.4, -0.2) is 42.6 Å². The van der Waals surface area contributed by atoms with Crippen LogP contribution in [0.15, 0.2) is 91.0 Å². The molecule has 0 aliphatic rings. The summed E-state index contributed by atoms with van der Waals surface area (Å²) >= 11 is 0. The smallest absolute Gasteiger partial charge is 0.251 e. The summed E-state index contributed by atoms with van der Waals surface area (Å²) in [4.78, 5) is 14.8. The molecule has 162 valence electrons. The minimum absolute atomic E-state index is 0.0500. The normalized spacial score (nSPS) is 11.0. The van der Waals surface area contributed by atoms with Crippen molar-refractivity contribution in [1.29, 1.82) is 0 Å². The summed E-state index contributed by atoms with van der Waals surface area (Å²) in [5.41, 5.74) is 7.33. The lowest BCUT2D eigenvalue weighted by molar-refractivity contribution is 0.0951. The van der Waals surface area contributed by atoms with Crippen molar-refractivity contribution < 1.29 is 4.79 Å². The van der Waals surface area contributed by atoms with Crippen LogP contribution >= 0.6 is 0 Å². The first kappa shape index (κ1) is 21.6. The molecule has 4 heteroatoms. The Morgan fingerprint density at radius 3 is 2.19 bits per heavy atom. The molecule has 0 fully saturated rings. The number of rotatable bonds is 7. The van der Waals surface area contributed by atoms with E-state index in [0.717, 1.165) is 34.7 Å². The van der Waals surface area contributed by atoms with Crippen molar-refractivity contribution in [3.05, 3.63) is 102 Å². The van der Waals surface area contributed by atoms with Crippen LogP contribution in [0.1, 0.15) is 15.9 Å². The Morgan fingerprint density at radius 1 is 0.812 bits per heavy atom. The lowest BCUT2D eigenvalue weighted by Gasteiger charge is -2.17. The molecule has 0 spiro atoms. The molecule has 4 rings (SSSR count). The molecular weight excluding hydrogens is 394 g/mol. The first-order chi connectivity index (χ1) is 15.5. The van der Waals surface area contributed by atoms with Crippen LogP contribution in [0.25, 0.3) is 28.2 Å². The van der Waals surface area contributed by atoms with E-state index in [1.54, 1.807) is 0 Å². The summed E-state index contributed by atoms with van der Waals surface area (Å²) in [5.74, 6) is -0.0500. The molecule has 0 aliphatic carbocycles. The Hall–Kier alpha value is -3.63. The zero-order valence-electron chi connectivity index (χ0n) is 18.9. The van der Waals surface area contributed by atoms with E-state index in [9.17, 15) is 4.79 Å². The van der Waals surface area contributed by atoms with Gasteiger partial charge in [0, 0.05) is 24.3 Å². The summed E-state index contributed by atoms with van der Waals surface area (Å²) in [5, 5.41) is 3.01. The van der Waals surface area contributed by atoms with E-state index in [0.29, 0.717) is 12.1 Å². The number of nitrogens with one attached hydrogen (secondary N) is 1. The fourth-order valence-electron chi connectivity index (χ4n) is 3.88. The molecule has 0 saturated carbocycles. The van der Waals surface area contributed by atoms with Gasteiger partial charge in [-0.1, -0.05) is 60.7 Å². The second-order valence-corrected chi connectivity index (χ2v) is 8.23. The number of nitrogens with zero attached hydrogens (tertiary/aromatic N) is 2.